The Morgan fingerprint density at radius 2 is 1.52 bits per heavy atom. The molecule has 0 bridgehead atoms. The van der Waals surface area contributed by atoms with Gasteiger partial charge in [0.25, 0.3) is 10.0 Å². The zero-order valence-electron chi connectivity index (χ0n) is 15.8. The number of carbonyl (C=O) groups is 2. The van der Waals surface area contributed by atoms with Crippen LogP contribution >= 0.6 is 0 Å². The second-order valence-electron chi connectivity index (χ2n) is 6.87. The number of hydrogen-bond donors (Lipinski definition) is 2. The third-order valence-corrected chi connectivity index (χ3v) is 5.47. The topological polar surface area (TPSA) is 92.3 Å². The number of nitrogens with one attached hydrogen (secondary N) is 2. The molecule has 0 aromatic heterocycles. The third-order valence-electron chi connectivity index (χ3n) is 4.14. The van der Waals surface area contributed by atoms with E-state index in [4.69, 9.17) is 0 Å². The summed E-state index contributed by atoms with van der Waals surface area (Å²) in [4.78, 5) is 23.1. The second-order valence-corrected chi connectivity index (χ2v) is 8.55. The van der Waals surface area contributed by atoms with Crippen molar-refractivity contribution < 1.29 is 18.0 Å². The van der Waals surface area contributed by atoms with Crippen molar-refractivity contribution in [2.75, 3.05) is 5.32 Å². The van der Waals surface area contributed by atoms with Crippen LogP contribution in [-0.2, 0) is 10.0 Å². The fourth-order valence-electron chi connectivity index (χ4n) is 2.77. The van der Waals surface area contributed by atoms with E-state index < -0.39 is 16.1 Å². The van der Waals surface area contributed by atoms with Crippen LogP contribution < -0.4 is 10.0 Å². The van der Waals surface area contributed by atoms with Crippen molar-refractivity contribution >= 4 is 28.0 Å². The fraction of sp³-hybridized carbons (Fsp3) is 0.300. The predicted octanol–water partition coefficient (Wildman–Crippen LogP) is 4.26. The molecule has 144 valence electrons. The van der Waals surface area contributed by atoms with Gasteiger partial charge in [0.2, 0.25) is 0 Å². The van der Waals surface area contributed by atoms with Gasteiger partial charge in [-0.25, -0.2) is 17.9 Å². The highest BCUT2D eigenvalue weighted by molar-refractivity contribution is 7.90. The van der Waals surface area contributed by atoms with Crippen LogP contribution in [0.4, 0.5) is 10.5 Å². The second kappa shape index (κ2) is 8.35. The molecule has 6 nitrogen and oxygen atoms in total. The van der Waals surface area contributed by atoms with E-state index in [0.29, 0.717) is 12.0 Å². The van der Waals surface area contributed by atoms with Crippen molar-refractivity contribution in [3.8, 4) is 0 Å². The van der Waals surface area contributed by atoms with Crippen molar-refractivity contribution in [2.45, 2.75) is 44.4 Å². The van der Waals surface area contributed by atoms with E-state index in [9.17, 15) is 18.0 Å². The number of benzene rings is 2. The van der Waals surface area contributed by atoms with Crippen LogP contribution in [0.25, 0.3) is 0 Å². The van der Waals surface area contributed by atoms with Crippen LogP contribution in [0.3, 0.4) is 0 Å². The number of sulfonamides is 1. The van der Waals surface area contributed by atoms with E-state index >= 15 is 0 Å². The number of anilines is 1. The van der Waals surface area contributed by atoms with Crippen molar-refractivity contribution in [1.82, 2.24) is 4.72 Å². The number of hydrogen-bond acceptors (Lipinski definition) is 4. The van der Waals surface area contributed by atoms with Gasteiger partial charge >= 0.3 is 6.03 Å². The standard InChI is InChI=1S/C20H24N2O4S/c1-13(2)17-9-6-10-18(14(3)4)19(17)21-20(24)22-27(25,26)16-8-5-7-15(11-16)12-23/h5-14H,1-4H3,(H2,21,22,24). The average molecular weight is 388 g/mol. The van der Waals surface area contributed by atoms with Crippen LogP contribution in [0.5, 0.6) is 0 Å². The zero-order valence-corrected chi connectivity index (χ0v) is 16.6. The molecule has 0 aliphatic rings. The highest BCUT2D eigenvalue weighted by atomic mass is 32.2. The normalized spacial score (nSPS) is 11.5. The smallest absolute Gasteiger partial charge is 0.307 e. The summed E-state index contributed by atoms with van der Waals surface area (Å²) in [5.41, 5.74) is 2.69. The van der Waals surface area contributed by atoms with Crippen molar-refractivity contribution in [3.05, 3.63) is 59.2 Å². The maximum Gasteiger partial charge on any atom is 0.333 e. The minimum Gasteiger partial charge on any atom is -0.307 e. The molecule has 2 N–H and O–H groups in total. The number of para-hydroxylation sites is 1. The lowest BCUT2D eigenvalue weighted by Crippen LogP contribution is -2.35. The van der Waals surface area contributed by atoms with E-state index in [1.807, 2.05) is 50.6 Å². The van der Waals surface area contributed by atoms with E-state index in [1.54, 1.807) is 0 Å². The maximum absolute atomic E-state index is 12.5. The molecule has 2 rings (SSSR count). The molecule has 2 aromatic rings. The highest BCUT2D eigenvalue weighted by Crippen LogP contribution is 2.32. The Bertz CT molecular complexity index is 924. The molecule has 0 aliphatic carbocycles. The molecule has 0 spiro atoms. The lowest BCUT2D eigenvalue weighted by Gasteiger charge is -2.20. The molecule has 0 radical (unpaired) electrons. The van der Waals surface area contributed by atoms with E-state index in [0.717, 1.165) is 11.1 Å². The lowest BCUT2D eigenvalue weighted by atomic mass is 9.93. The molecule has 0 atom stereocenters. The fourth-order valence-corrected chi connectivity index (χ4v) is 3.73. The summed E-state index contributed by atoms with van der Waals surface area (Å²) < 4.78 is 26.9. The molecule has 0 saturated carbocycles. The number of amides is 2. The Morgan fingerprint density at radius 3 is 2.04 bits per heavy atom. The van der Waals surface area contributed by atoms with E-state index in [-0.39, 0.29) is 22.3 Å². The van der Waals surface area contributed by atoms with Gasteiger partial charge < -0.3 is 5.32 Å². The first-order valence-corrected chi connectivity index (χ1v) is 10.2. The summed E-state index contributed by atoms with van der Waals surface area (Å²) in [6, 6.07) is 10.4. The highest BCUT2D eigenvalue weighted by Gasteiger charge is 2.21. The average Bonchev–Trinajstić information content (AvgIpc) is 2.61. The number of carbonyl (C=O) groups excluding carboxylic acids is 2. The molecule has 7 heteroatoms. The third kappa shape index (κ3) is 4.95. The Balaban J connectivity index is 2.31. The number of rotatable bonds is 6. The van der Waals surface area contributed by atoms with Gasteiger partial charge in [-0.15, -0.1) is 0 Å². The largest absolute Gasteiger partial charge is 0.333 e. The summed E-state index contributed by atoms with van der Waals surface area (Å²) >= 11 is 0. The maximum atomic E-state index is 12.5. The van der Waals surface area contributed by atoms with Crippen LogP contribution in [0.2, 0.25) is 0 Å². The first kappa shape index (κ1) is 20.6. The van der Waals surface area contributed by atoms with Gasteiger partial charge in [0, 0.05) is 11.3 Å². The lowest BCUT2D eigenvalue weighted by molar-refractivity contribution is 0.112. The molecule has 2 amide bonds. The van der Waals surface area contributed by atoms with Gasteiger partial charge in [-0.1, -0.05) is 58.0 Å². The molecule has 0 unspecified atom stereocenters. The van der Waals surface area contributed by atoms with Crippen LogP contribution in [-0.4, -0.2) is 20.7 Å². The van der Waals surface area contributed by atoms with Gasteiger partial charge in [0.05, 0.1) is 4.90 Å². The first-order chi connectivity index (χ1) is 12.7. The minimum absolute atomic E-state index is 0.150. The molecule has 0 saturated heterocycles. The quantitative estimate of drug-likeness (QED) is 0.723. The van der Waals surface area contributed by atoms with Gasteiger partial charge in [0.15, 0.2) is 0 Å². The molecular weight excluding hydrogens is 364 g/mol. The van der Waals surface area contributed by atoms with Crippen LogP contribution in [0.15, 0.2) is 47.4 Å². The van der Waals surface area contributed by atoms with Gasteiger partial charge in [-0.2, -0.15) is 0 Å². The number of urea groups is 1. The Hall–Kier alpha value is -2.67. The summed E-state index contributed by atoms with van der Waals surface area (Å²) in [5.74, 6) is 0.305. The summed E-state index contributed by atoms with van der Waals surface area (Å²) in [7, 11) is -4.10. The molecular formula is C20H24N2O4S. The summed E-state index contributed by atoms with van der Waals surface area (Å²) in [6.45, 7) is 8.02. The minimum atomic E-state index is -4.10. The van der Waals surface area contributed by atoms with E-state index in [1.165, 1.54) is 24.3 Å². The van der Waals surface area contributed by atoms with Crippen molar-refractivity contribution in [3.63, 3.8) is 0 Å². The van der Waals surface area contributed by atoms with E-state index in [2.05, 4.69) is 5.32 Å². The van der Waals surface area contributed by atoms with Crippen LogP contribution in [0, 0.1) is 0 Å². The first-order valence-electron chi connectivity index (χ1n) is 8.67. The van der Waals surface area contributed by atoms with Gasteiger partial charge in [0.1, 0.15) is 6.29 Å². The van der Waals surface area contributed by atoms with Crippen molar-refractivity contribution in [1.29, 1.82) is 0 Å². The monoisotopic (exact) mass is 388 g/mol. The summed E-state index contributed by atoms with van der Waals surface area (Å²) in [5, 5.41) is 2.70. The zero-order chi connectivity index (χ0) is 20.2. The predicted molar refractivity (Wildman–Crippen MR) is 106 cm³/mol. The Morgan fingerprint density at radius 1 is 0.963 bits per heavy atom. The SMILES string of the molecule is CC(C)c1cccc(C(C)C)c1NC(=O)NS(=O)(=O)c1cccc(C=O)c1. The molecule has 27 heavy (non-hydrogen) atoms. The van der Waals surface area contributed by atoms with Crippen LogP contribution in [0.1, 0.15) is 61.0 Å². The van der Waals surface area contributed by atoms with Gasteiger partial charge in [-0.05, 0) is 35.1 Å². The molecule has 2 aromatic carbocycles. The van der Waals surface area contributed by atoms with Gasteiger partial charge in [-0.3, -0.25) is 4.79 Å². The molecule has 0 aliphatic heterocycles. The Labute approximate surface area is 160 Å². The van der Waals surface area contributed by atoms with Crippen molar-refractivity contribution in [2.24, 2.45) is 0 Å². The summed E-state index contributed by atoms with van der Waals surface area (Å²) in [6.07, 6.45) is 0.548. The number of aldehydes is 1. The molecule has 0 heterocycles. The molecule has 0 fully saturated rings. The Kier molecular flexibility index (Phi) is 6.38.